The van der Waals surface area contributed by atoms with Crippen molar-refractivity contribution in [2.75, 3.05) is 14.2 Å². The van der Waals surface area contributed by atoms with Gasteiger partial charge in [-0.3, -0.25) is 0 Å². The lowest BCUT2D eigenvalue weighted by Crippen LogP contribution is -2.24. The van der Waals surface area contributed by atoms with Crippen LogP contribution in [0.4, 0.5) is 4.39 Å². The summed E-state index contributed by atoms with van der Waals surface area (Å²) in [7, 11) is -1.00. The van der Waals surface area contributed by atoms with E-state index in [1.807, 2.05) is 0 Å². The van der Waals surface area contributed by atoms with E-state index >= 15 is 0 Å². The molecular formula is C15H16FNO4S. The van der Waals surface area contributed by atoms with Crippen LogP contribution in [-0.2, 0) is 16.6 Å². The molecule has 2 aromatic rings. The summed E-state index contributed by atoms with van der Waals surface area (Å²) in [6, 6.07) is 10.3. The number of halogens is 1. The molecule has 0 saturated heterocycles. The Hall–Kier alpha value is -2.12. The first-order valence-electron chi connectivity index (χ1n) is 6.43. The van der Waals surface area contributed by atoms with Crippen LogP contribution >= 0.6 is 0 Å². The maximum Gasteiger partial charge on any atom is 0.244 e. The Morgan fingerprint density at radius 1 is 1.09 bits per heavy atom. The summed E-state index contributed by atoms with van der Waals surface area (Å²) in [4.78, 5) is -0.0351. The van der Waals surface area contributed by atoms with Crippen molar-refractivity contribution in [1.29, 1.82) is 0 Å². The number of benzene rings is 2. The monoisotopic (exact) mass is 325 g/mol. The highest BCUT2D eigenvalue weighted by molar-refractivity contribution is 7.89. The lowest BCUT2D eigenvalue weighted by Gasteiger charge is -2.12. The number of nitrogens with one attached hydrogen (secondary N) is 1. The van der Waals surface area contributed by atoms with Crippen LogP contribution in [-0.4, -0.2) is 22.6 Å². The van der Waals surface area contributed by atoms with Gasteiger partial charge in [-0.15, -0.1) is 0 Å². The van der Waals surface area contributed by atoms with Crippen LogP contribution in [0.3, 0.4) is 0 Å². The Morgan fingerprint density at radius 3 is 2.45 bits per heavy atom. The molecule has 5 nitrogen and oxygen atoms in total. The van der Waals surface area contributed by atoms with Gasteiger partial charge in [-0.25, -0.2) is 17.5 Å². The van der Waals surface area contributed by atoms with Crippen LogP contribution < -0.4 is 14.2 Å². The largest absolute Gasteiger partial charge is 0.497 e. The Labute approximate surface area is 128 Å². The van der Waals surface area contributed by atoms with Gasteiger partial charge in [0.15, 0.2) is 0 Å². The first kappa shape index (κ1) is 16.3. The summed E-state index contributed by atoms with van der Waals surface area (Å²) in [5.74, 6) is 0.164. The molecule has 2 rings (SSSR count). The van der Waals surface area contributed by atoms with Crippen molar-refractivity contribution in [2.45, 2.75) is 11.4 Å². The minimum Gasteiger partial charge on any atom is -0.497 e. The van der Waals surface area contributed by atoms with Gasteiger partial charge in [-0.05, 0) is 18.2 Å². The zero-order valence-corrected chi connectivity index (χ0v) is 13.0. The fourth-order valence-corrected chi connectivity index (χ4v) is 3.04. The van der Waals surface area contributed by atoms with Crippen LogP contribution in [0, 0.1) is 5.82 Å². The first-order valence-corrected chi connectivity index (χ1v) is 7.91. The Balaban J connectivity index is 2.25. The molecule has 1 N–H and O–H groups in total. The van der Waals surface area contributed by atoms with Crippen molar-refractivity contribution >= 4 is 10.0 Å². The molecule has 0 aliphatic carbocycles. The smallest absolute Gasteiger partial charge is 0.244 e. The van der Waals surface area contributed by atoms with Crippen molar-refractivity contribution in [2.24, 2.45) is 0 Å². The molecule has 0 amide bonds. The van der Waals surface area contributed by atoms with E-state index < -0.39 is 15.8 Å². The van der Waals surface area contributed by atoms with E-state index in [1.165, 1.54) is 44.6 Å². The van der Waals surface area contributed by atoms with Crippen molar-refractivity contribution in [3.05, 3.63) is 53.8 Å². The number of hydrogen-bond donors (Lipinski definition) is 1. The van der Waals surface area contributed by atoms with Gasteiger partial charge >= 0.3 is 0 Å². The summed E-state index contributed by atoms with van der Waals surface area (Å²) < 4.78 is 50.7. The third-order valence-corrected chi connectivity index (χ3v) is 4.51. The lowest BCUT2D eigenvalue weighted by atomic mass is 10.2. The van der Waals surface area contributed by atoms with E-state index in [0.29, 0.717) is 5.75 Å². The molecule has 0 fully saturated rings. The van der Waals surface area contributed by atoms with E-state index in [-0.39, 0.29) is 22.8 Å². The highest BCUT2D eigenvalue weighted by atomic mass is 32.2. The van der Waals surface area contributed by atoms with E-state index in [1.54, 1.807) is 12.1 Å². The number of sulfonamides is 1. The summed E-state index contributed by atoms with van der Waals surface area (Å²) >= 11 is 0. The SMILES string of the molecule is COc1ccc(S(=O)(=O)NCc2ccccc2F)c(OC)c1. The second-order valence-corrected chi connectivity index (χ2v) is 6.17. The van der Waals surface area contributed by atoms with Gasteiger partial charge in [0, 0.05) is 18.2 Å². The maximum absolute atomic E-state index is 13.5. The summed E-state index contributed by atoms with van der Waals surface area (Å²) in [5.41, 5.74) is 0.263. The van der Waals surface area contributed by atoms with Crippen molar-refractivity contribution in [3.8, 4) is 11.5 Å². The lowest BCUT2D eigenvalue weighted by molar-refractivity contribution is 0.386. The minimum atomic E-state index is -3.84. The van der Waals surface area contributed by atoms with Gasteiger partial charge in [0.2, 0.25) is 10.0 Å². The predicted molar refractivity (Wildman–Crippen MR) is 80.0 cm³/mol. The molecule has 0 heterocycles. The Morgan fingerprint density at radius 2 is 1.82 bits per heavy atom. The topological polar surface area (TPSA) is 64.6 Å². The molecule has 0 radical (unpaired) electrons. The molecule has 22 heavy (non-hydrogen) atoms. The van der Waals surface area contributed by atoms with E-state index in [4.69, 9.17) is 9.47 Å². The van der Waals surface area contributed by atoms with Gasteiger partial charge < -0.3 is 9.47 Å². The molecule has 0 atom stereocenters. The second-order valence-electron chi connectivity index (χ2n) is 4.43. The summed E-state index contributed by atoms with van der Waals surface area (Å²) in [6.07, 6.45) is 0. The van der Waals surface area contributed by atoms with Crippen LogP contribution in [0.25, 0.3) is 0 Å². The maximum atomic E-state index is 13.5. The minimum absolute atomic E-state index is 0.0351. The summed E-state index contributed by atoms with van der Waals surface area (Å²) in [6.45, 7) is -0.149. The van der Waals surface area contributed by atoms with Crippen molar-refractivity contribution in [3.63, 3.8) is 0 Å². The highest BCUT2D eigenvalue weighted by Gasteiger charge is 2.20. The third-order valence-electron chi connectivity index (χ3n) is 3.07. The number of rotatable bonds is 6. The number of hydrogen-bond acceptors (Lipinski definition) is 4. The third kappa shape index (κ3) is 3.55. The van der Waals surface area contributed by atoms with E-state index in [2.05, 4.69) is 4.72 Å². The highest BCUT2D eigenvalue weighted by Crippen LogP contribution is 2.28. The molecule has 2 aromatic carbocycles. The fourth-order valence-electron chi connectivity index (χ4n) is 1.89. The molecule has 0 bridgehead atoms. The molecule has 0 saturated carbocycles. The quantitative estimate of drug-likeness (QED) is 0.885. The van der Waals surface area contributed by atoms with Gasteiger partial charge in [0.1, 0.15) is 22.2 Å². The number of ether oxygens (including phenoxy) is 2. The number of methoxy groups -OCH3 is 2. The molecule has 0 unspecified atom stereocenters. The van der Waals surface area contributed by atoms with Crippen LogP contribution in [0.1, 0.15) is 5.56 Å². The molecule has 118 valence electrons. The van der Waals surface area contributed by atoms with Crippen LogP contribution in [0.15, 0.2) is 47.4 Å². The molecule has 0 aliphatic rings. The summed E-state index contributed by atoms with van der Waals surface area (Å²) in [5, 5.41) is 0. The predicted octanol–water partition coefficient (Wildman–Crippen LogP) is 2.32. The standard InChI is InChI=1S/C15H16FNO4S/c1-20-12-7-8-15(14(9-12)21-2)22(18,19)17-10-11-5-3-4-6-13(11)16/h3-9,17H,10H2,1-2H3. The van der Waals surface area contributed by atoms with Gasteiger partial charge in [0.25, 0.3) is 0 Å². The molecule has 7 heteroatoms. The average Bonchev–Trinajstić information content (AvgIpc) is 2.53. The first-order chi connectivity index (χ1) is 10.5. The zero-order chi connectivity index (χ0) is 16.2. The molecule has 0 spiro atoms. The second kappa shape index (κ2) is 6.76. The normalized spacial score (nSPS) is 11.2. The van der Waals surface area contributed by atoms with Gasteiger partial charge in [-0.1, -0.05) is 18.2 Å². The van der Waals surface area contributed by atoms with Crippen molar-refractivity contribution in [1.82, 2.24) is 4.72 Å². The Bertz CT molecular complexity index is 762. The fraction of sp³-hybridized carbons (Fsp3) is 0.200. The molecular weight excluding hydrogens is 309 g/mol. The van der Waals surface area contributed by atoms with Gasteiger partial charge in [0.05, 0.1) is 14.2 Å². The van der Waals surface area contributed by atoms with Crippen molar-refractivity contribution < 1.29 is 22.3 Å². The molecule has 0 aliphatic heterocycles. The van der Waals surface area contributed by atoms with E-state index in [9.17, 15) is 12.8 Å². The average molecular weight is 325 g/mol. The Kier molecular flexibility index (Phi) is 4.99. The van der Waals surface area contributed by atoms with Crippen LogP contribution in [0.5, 0.6) is 11.5 Å². The van der Waals surface area contributed by atoms with Crippen LogP contribution in [0.2, 0.25) is 0 Å². The van der Waals surface area contributed by atoms with E-state index in [0.717, 1.165) is 0 Å². The zero-order valence-electron chi connectivity index (χ0n) is 12.2. The van der Waals surface area contributed by atoms with Gasteiger partial charge in [-0.2, -0.15) is 0 Å². The molecule has 0 aromatic heterocycles.